The second kappa shape index (κ2) is 4.12. The molecule has 0 spiro atoms. The molecule has 64 valence electrons. The van der Waals surface area contributed by atoms with E-state index < -0.39 is 0 Å². The third kappa shape index (κ3) is 1.77. The fraction of sp³-hybridized carbons (Fsp3) is 0.800. The Kier molecular flexibility index (Phi) is 3.11. The first-order valence-electron chi connectivity index (χ1n) is 4.47. The molecule has 3 atom stereocenters. The van der Waals surface area contributed by atoms with Crippen LogP contribution in [0.4, 0.5) is 0 Å². The zero-order chi connectivity index (χ0) is 8.97. The number of fused-ring (bicyclic) bond motifs is 2. The Hall–Kier alpha value is -1.02. The van der Waals surface area contributed by atoms with E-state index in [1.807, 2.05) is 0 Å². The molecule has 12 heavy (non-hydrogen) atoms. The summed E-state index contributed by atoms with van der Waals surface area (Å²) in [5, 5.41) is 8.64. The smallest absolute Gasteiger partial charge is 0.205 e. The standard InChI is InChI=1S/C8H11N.C2H3N/c9-5-8-4-6-1-2-7(8)3-6;1-3-2/h6-8H,1-4H2;1H3. The van der Waals surface area contributed by atoms with Crippen LogP contribution in [0.3, 0.4) is 0 Å². The predicted molar refractivity (Wildman–Crippen MR) is 47.1 cm³/mol. The SMILES string of the molecule is N#CC1CC2CCC1C2.[C-]#[N+]C. The molecule has 2 aliphatic carbocycles. The van der Waals surface area contributed by atoms with Crippen LogP contribution < -0.4 is 0 Å². The van der Waals surface area contributed by atoms with Crippen molar-refractivity contribution >= 4 is 0 Å². The first kappa shape index (κ1) is 9.07. The summed E-state index contributed by atoms with van der Waals surface area (Å²) in [6.07, 6.45) is 5.31. The minimum Gasteiger partial charge on any atom is -0.320 e. The normalized spacial score (nSPS) is 36.1. The van der Waals surface area contributed by atoms with Crippen LogP contribution in [0, 0.1) is 35.7 Å². The van der Waals surface area contributed by atoms with Gasteiger partial charge in [0.05, 0.1) is 6.07 Å². The molecule has 3 unspecified atom stereocenters. The third-order valence-electron chi connectivity index (χ3n) is 2.90. The van der Waals surface area contributed by atoms with Gasteiger partial charge in [0.1, 0.15) is 0 Å². The molecule has 0 saturated heterocycles. The molecule has 0 aromatic carbocycles. The minimum absolute atomic E-state index is 0.434. The van der Waals surface area contributed by atoms with Crippen molar-refractivity contribution in [3.05, 3.63) is 11.4 Å². The fourth-order valence-electron chi connectivity index (χ4n) is 2.40. The molecule has 2 heteroatoms. The Morgan fingerprint density at radius 2 is 2.08 bits per heavy atom. The minimum atomic E-state index is 0.434. The zero-order valence-electron chi connectivity index (χ0n) is 7.45. The van der Waals surface area contributed by atoms with E-state index in [4.69, 9.17) is 11.8 Å². The average molecular weight is 162 g/mol. The largest absolute Gasteiger partial charge is 0.320 e. The van der Waals surface area contributed by atoms with E-state index >= 15 is 0 Å². The van der Waals surface area contributed by atoms with Crippen LogP contribution in [0.25, 0.3) is 4.85 Å². The Balaban J connectivity index is 0.000000213. The van der Waals surface area contributed by atoms with Crippen molar-refractivity contribution in [3.8, 4) is 6.07 Å². The summed E-state index contributed by atoms with van der Waals surface area (Å²) in [6.45, 7) is 5.83. The van der Waals surface area contributed by atoms with E-state index in [-0.39, 0.29) is 0 Å². The summed E-state index contributed by atoms with van der Waals surface area (Å²) >= 11 is 0. The molecule has 0 heterocycles. The number of hydrogen-bond acceptors (Lipinski definition) is 1. The molecule has 2 rings (SSSR count). The van der Waals surface area contributed by atoms with Gasteiger partial charge >= 0.3 is 0 Å². The molecule has 0 amide bonds. The lowest BCUT2D eigenvalue weighted by atomic mass is 9.90. The summed E-state index contributed by atoms with van der Waals surface area (Å²) < 4.78 is 0. The summed E-state index contributed by atoms with van der Waals surface area (Å²) in [4.78, 5) is 2.75. The lowest BCUT2D eigenvalue weighted by Gasteiger charge is -2.12. The monoisotopic (exact) mass is 162 g/mol. The molecular formula is C10H14N2. The second-order valence-corrected chi connectivity index (χ2v) is 3.63. The number of nitrogens with zero attached hydrogens (tertiary/aromatic N) is 2. The van der Waals surface area contributed by atoms with Gasteiger partial charge in [-0.05, 0) is 31.1 Å². The second-order valence-electron chi connectivity index (χ2n) is 3.63. The van der Waals surface area contributed by atoms with E-state index in [0.29, 0.717) is 5.92 Å². The third-order valence-corrected chi connectivity index (χ3v) is 2.90. The van der Waals surface area contributed by atoms with Crippen LogP contribution in [0.1, 0.15) is 25.7 Å². The topological polar surface area (TPSA) is 28.1 Å². The number of hydrogen-bond donors (Lipinski definition) is 0. The predicted octanol–water partition coefficient (Wildman–Crippen LogP) is 2.48. The summed E-state index contributed by atoms with van der Waals surface area (Å²) in [5.74, 6) is 2.16. The molecular weight excluding hydrogens is 148 g/mol. The average Bonchev–Trinajstić information content (AvgIpc) is 2.65. The van der Waals surface area contributed by atoms with Crippen molar-refractivity contribution in [1.82, 2.24) is 0 Å². The van der Waals surface area contributed by atoms with Crippen molar-refractivity contribution in [1.29, 1.82) is 5.26 Å². The quantitative estimate of drug-likeness (QED) is 0.503. The number of rotatable bonds is 0. The maximum atomic E-state index is 8.64. The van der Waals surface area contributed by atoms with Gasteiger partial charge in [-0.3, -0.25) is 0 Å². The van der Waals surface area contributed by atoms with Crippen LogP contribution >= 0.6 is 0 Å². The van der Waals surface area contributed by atoms with E-state index in [9.17, 15) is 0 Å². The van der Waals surface area contributed by atoms with Gasteiger partial charge in [0.15, 0.2) is 0 Å². The molecule has 2 bridgehead atoms. The molecule has 0 N–H and O–H groups in total. The van der Waals surface area contributed by atoms with Gasteiger partial charge in [-0.15, -0.1) is 0 Å². The van der Waals surface area contributed by atoms with Crippen molar-refractivity contribution in [2.75, 3.05) is 7.05 Å². The van der Waals surface area contributed by atoms with Gasteiger partial charge in [-0.25, -0.2) is 6.57 Å². The maximum Gasteiger partial charge on any atom is 0.205 e. The van der Waals surface area contributed by atoms with Gasteiger partial charge in [0.25, 0.3) is 0 Å². The highest BCUT2D eigenvalue weighted by atomic mass is 14.5. The van der Waals surface area contributed by atoms with Crippen molar-refractivity contribution in [2.24, 2.45) is 17.8 Å². The van der Waals surface area contributed by atoms with Gasteiger partial charge in [-0.1, -0.05) is 6.42 Å². The number of nitriles is 1. The van der Waals surface area contributed by atoms with Crippen LogP contribution in [0.15, 0.2) is 0 Å². The van der Waals surface area contributed by atoms with Crippen LogP contribution in [-0.2, 0) is 0 Å². The molecule has 0 aliphatic heterocycles. The van der Waals surface area contributed by atoms with Crippen LogP contribution in [-0.4, -0.2) is 7.05 Å². The Labute approximate surface area is 74.0 Å². The van der Waals surface area contributed by atoms with Crippen LogP contribution in [0.2, 0.25) is 0 Å². The first-order valence-corrected chi connectivity index (χ1v) is 4.47. The summed E-state index contributed by atoms with van der Waals surface area (Å²) in [7, 11) is 1.42. The molecule has 0 aromatic rings. The van der Waals surface area contributed by atoms with E-state index in [0.717, 1.165) is 11.8 Å². The van der Waals surface area contributed by atoms with Crippen molar-refractivity contribution < 1.29 is 0 Å². The molecule has 2 fully saturated rings. The van der Waals surface area contributed by atoms with Crippen molar-refractivity contribution in [2.45, 2.75) is 25.7 Å². The van der Waals surface area contributed by atoms with E-state index in [2.05, 4.69) is 10.9 Å². The molecule has 0 aromatic heterocycles. The van der Waals surface area contributed by atoms with Gasteiger partial charge in [0, 0.05) is 5.92 Å². The maximum absolute atomic E-state index is 8.64. The van der Waals surface area contributed by atoms with Crippen LogP contribution in [0.5, 0.6) is 0 Å². The molecule has 2 aliphatic rings. The molecule has 0 radical (unpaired) electrons. The highest BCUT2D eigenvalue weighted by Crippen LogP contribution is 2.47. The molecule has 2 saturated carbocycles. The van der Waals surface area contributed by atoms with E-state index in [1.54, 1.807) is 0 Å². The lowest BCUT2D eigenvalue weighted by Crippen LogP contribution is -2.06. The Bertz CT molecular complexity index is 221. The van der Waals surface area contributed by atoms with Gasteiger partial charge < -0.3 is 4.85 Å². The highest BCUT2D eigenvalue weighted by Gasteiger charge is 2.39. The highest BCUT2D eigenvalue weighted by molar-refractivity contribution is 4.99. The molecule has 2 nitrogen and oxygen atoms in total. The summed E-state index contributed by atoms with van der Waals surface area (Å²) in [6, 6.07) is 2.40. The fourth-order valence-corrected chi connectivity index (χ4v) is 2.40. The van der Waals surface area contributed by atoms with E-state index in [1.165, 1.54) is 32.7 Å². The van der Waals surface area contributed by atoms with Gasteiger partial charge in [0.2, 0.25) is 7.05 Å². The van der Waals surface area contributed by atoms with Crippen molar-refractivity contribution in [3.63, 3.8) is 0 Å². The Morgan fingerprint density at radius 3 is 2.33 bits per heavy atom. The zero-order valence-corrected chi connectivity index (χ0v) is 7.45. The Morgan fingerprint density at radius 1 is 1.42 bits per heavy atom. The lowest BCUT2D eigenvalue weighted by molar-refractivity contribution is 0.402. The first-order chi connectivity index (χ1) is 5.81. The summed E-state index contributed by atoms with van der Waals surface area (Å²) in [5.41, 5.74) is 0. The van der Waals surface area contributed by atoms with Gasteiger partial charge in [-0.2, -0.15) is 5.26 Å².